The third-order valence-corrected chi connectivity index (χ3v) is 6.96. The van der Waals surface area contributed by atoms with Gasteiger partial charge in [0.25, 0.3) is 0 Å². The van der Waals surface area contributed by atoms with E-state index < -0.39 is 28.5 Å². The lowest BCUT2D eigenvalue weighted by Crippen LogP contribution is -2.51. The first-order chi connectivity index (χ1) is 16.1. The van der Waals surface area contributed by atoms with Gasteiger partial charge in [-0.1, -0.05) is 62.2 Å². The summed E-state index contributed by atoms with van der Waals surface area (Å²) in [6.07, 6.45) is 3.46. The highest BCUT2D eigenvalue weighted by Crippen LogP contribution is 2.24. The fourth-order valence-corrected chi connectivity index (χ4v) is 4.56. The Bertz CT molecular complexity index is 1070. The number of nitrogens with zero attached hydrogens (tertiary/aromatic N) is 2. The van der Waals surface area contributed by atoms with Crippen molar-refractivity contribution >= 4 is 39.1 Å². The highest BCUT2D eigenvalue weighted by molar-refractivity contribution is 7.92. The van der Waals surface area contributed by atoms with Crippen LogP contribution in [0, 0.1) is 0 Å². The summed E-state index contributed by atoms with van der Waals surface area (Å²) in [5, 5.41) is 3.42. The summed E-state index contributed by atoms with van der Waals surface area (Å²) >= 11 is 5.99. The number of unbranched alkanes of at least 4 members (excludes halogenated alkanes) is 1. The number of sulfonamides is 1. The van der Waals surface area contributed by atoms with Crippen molar-refractivity contribution < 1.29 is 18.0 Å². The van der Waals surface area contributed by atoms with E-state index in [1.54, 1.807) is 43.3 Å². The molecule has 0 aliphatic rings. The number of aryl methyl sites for hydroxylation is 1. The van der Waals surface area contributed by atoms with Crippen molar-refractivity contribution in [1.29, 1.82) is 0 Å². The van der Waals surface area contributed by atoms with Crippen LogP contribution in [0.25, 0.3) is 0 Å². The maximum absolute atomic E-state index is 13.5. The molecule has 2 aromatic carbocycles. The smallest absolute Gasteiger partial charge is 0.244 e. The molecule has 0 spiro atoms. The summed E-state index contributed by atoms with van der Waals surface area (Å²) in [5.74, 6) is -0.750. The molecule has 0 aliphatic heterocycles. The Morgan fingerprint density at radius 1 is 1.06 bits per heavy atom. The fraction of sp³-hybridized carbons (Fsp3) is 0.440. The molecule has 2 amide bonds. The molecule has 0 unspecified atom stereocenters. The first-order valence-corrected chi connectivity index (χ1v) is 13.7. The molecule has 0 fully saturated rings. The number of hydrogen-bond donors (Lipinski definition) is 1. The van der Waals surface area contributed by atoms with Gasteiger partial charge in [-0.2, -0.15) is 0 Å². The highest BCUT2D eigenvalue weighted by atomic mass is 35.5. The van der Waals surface area contributed by atoms with Gasteiger partial charge < -0.3 is 10.2 Å². The fourth-order valence-electron chi connectivity index (χ4n) is 3.55. The number of nitrogens with one attached hydrogen (secondary N) is 1. The van der Waals surface area contributed by atoms with E-state index in [-0.39, 0.29) is 12.5 Å². The lowest BCUT2D eigenvalue weighted by Gasteiger charge is -2.32. The molecule has 9 heteroatoms. The zero-order valence-electron chi connectivity index (χ0n) is 20.3. The first kappa shape index (κ1) is 27.7. The number of carbonyl (C=O) groups excluding carboxylic acids is 2. The molecule has 0 saturated heterocycles. The van der Waals surface area contributed by atoms with Crippen molar-refractivity contribution in [1.82, 2.24) is 10.2 Å². The van der Waals surface area contributed by atoms with Crippen LogP contribution in [-0.4, -0.2) is 50.5 Å². The summed E-state index contributed by atoms with van der Waals surface area (Å²) in [6, 6.07) is 13.3. The second-order valence-electron chi connectivity index (χ2n) is 8.22. The second kappa shape index (κ2) is 12.8. The molecule has 2 rings (SSSR count). The molecule has 34 heavy (non-hydrogen) atoms. The molecular formula is C25H34ClN3O4S. The van der Waals surface area contributed by atoms with Crippen molar-refractivity contribution in [2.45, 2.75) is 52.6 Å². The maximum atomic E-state index is 13.5. The largest absolute Gasteiger partial charge is 0.354 e. The summed E-state index contributed by atoms with van der Waals surface area (Å²) in [5.41, 5.74) is 2.06. The van der Waals surface area contributed by atoms with E-state index in [0.717, 1.165) is 34.5 Å². The monoisotopic (exact) mass is 507 g/mol. The SMILES string of the molecule is CCCCNC(=O)[C@@H](C)N(Cc1ccc(Cl)cc1)C(=O)CN(c1ccccc1CC)S(C)(=O)=O. The van der Waals surface area contributed by atoms with E-state index in [0.29, 0.717) is 23.7 Å². The van der Waals surface area contributed by atoms with Crippen LogP contribution in [0.1, 0.15) is 44.7 Å². The van der Waals surface area contributed by atoms with Gasteiger partial charge in [0, 0.05) is 18.1 Å². The number of anilines is 1. The van der Waals surface area contributed by atoms with Gasteiger partial charge in [-0.15, -0.1) is 0 Å². The van der Waals surface area contributed by atoms with Crippen molar-refractivity contribution in [3.8, 4) is 0 Å². The molecule has 0 heterocycles. The Balaban J connectivity index is 2.37. The van der Waals surface area contributed by atoms with E-state index in [9.17, 15) is 18.0 Å². The predicted molar refractivity (Wildman–Crippen MR) is 137 cm³/mol. The quantitative estimate of drug-likeness (QED) is 0.440. The molecular weight excluding hydrogens is 474 g/mol. The molecule has 2 aromatic rings. The van der Waals surface area contributed by atoms with Crippen molar-refractivity contribution in [3.63, 3.8) is 0 Å². The predicted octanol–water partition coefficient (Wildman–Crippen LogP) is 4.00. The summed E-state index contributed by atoms with van der Waals surface area (Å²) in [7, 11) is -3.75. The first-order valence-electron chi connectivity index (χ1n) is 11.5. The summed E-state index contributed by atoms with van der Waals surface area (Å²) < 4.78 is 26.5. The summed E-state index contributed by atoms with van der Waals surface area (Å²) in [4.78, 5) is 27.8. The molecule has 7 nitrogen and oxygen atoms in total. The third kappa shape index (κ3) is 7.74. The third-order valence-electron chi connectivity index (χ3n) is 5.58. The van der Waals surface area contributed by atoms with Crippen molar-refractivity contribution in [2.24, 2.45) is 0 Å². The zero-order chi connectivity index (χ0) is 25.3. The molecule has 0 bridgehead atoms. The van der Waals surface area contributed by atoms with Crippen LogP contribution >= 0.6 is 11.6 Å². The van der Waals surface area contributed by atoms with Gasteiger partial charge >= 0.3 is 0 Å². The van der Waals surface area contributed by atoms with E-state index in [1.807, 2.05) is 26.0 Å². The van der Waals surface area contributed by atoms with Gasteiger partial charge in [0.15, 0.2) is 0 Å². The van der Waals surface area contributed by atoms with Gasteiger partial charge in [0.1, 0.15) is 12.6 Å². The van der Waals surface area contributed by atoms with Crippen LogP contribution in [0.3, 0.4) is 0 Å². The van der Waals surface area contributed by atoms with E-state index >= 15 is 0 Å². The number of amides is 2. The molecule has 1 atom stereocenters. The number of rotatable bonds is 12. The van der Waals surface area contributed by atoms with Gasteiger partial charge in [-0.05, 0) is 49.1 Å². The van der Waals surface area contributed by atoms with Crippen molar-refractivity contribution in [3.05, 3.63) is 64.7 Å². The Morgan fingerprint density at radius 3 is 2.29 bits per heavy atom. The molecule has 1 N–H and O–H groups in total. The van der Waals surface area contributed by atoms with Gasteiger partial charge in [-0.3, -0.25) is 13.9 Å². The zero-order valence-corrected chi connectivity index (χ0v) is 21.8. The Kier molecular flexibility index (Phi) is 10.4. The highest BCUT2D eigenvalue weighted by Gasteiger charge is 2.30. The lowest BCUT2D eigenvalue weighted by atomic mass is 10.1. The van der Waals surface area contributed by atoms with Crippen LogP contribution in [0.2, 0.25) is 5.02 Å². The van der Waals surface area contributed by atoms with Gasteiger partial charge in [-0.25, -0.2) is 8.42 Å². The minimum Gasteiger partial charge on any atom is -0.354 e. The number of para-hydroxylation sites is 1. The molecule has 0 radical (unpaired) electrons. The number of hydrogen-bond acceptors (Lipinski definition) is 4. The van der Waals surface area contributed by atoms with Crippen LogP contribution in [0.5, 0.6) is 0 Å². The second-order valence-corrected chi connectivity index (χ2v) is 10.6. The van der Waals surface area contributed by atoms with Crippen molar-refractivity contribution in [2.75, 3.05) is 23.7 Å². The Labute approximate surface area is 208 Å². The Hall–Kier alpha value is -2.58. The number of halogens is 1. The van der Waals surface area contributed by atoms with E-state index in [2.05, 4.69) is 5.32 Å². The van der Waals surface area contributed by atoms with Crippen LogP contribution < -0.4 is 9.62 Å². The molecule has 186 valence electrons. The maximum Gasteiger partial charge on any atom is 0.244 e. The standard InChI is InChI=1S/C25H34ClN3O4S/c1-5-7-16-27-25(31)19(3)28(17-20-12-14-22(26)15-13-20)24(30)18-29(34(4,32)33)23-11-9-8-10-21(23)6-2/h8-15,19H,5-7,16-18H2,1-4H3,(H,27,31)/t19-/m1/s1. The molecule has 0 aromatic heterocycles. The minimum absolute atomic E-state index is 0.144. The van der Waals surface area contributed by atoms with E-state index in [4.69, 9.17) is 11.6 Å². The van der Waals surface area contributed by atoms with E-state index in [1.165, 1.54) is 4.90 Å². The van der Waals surface area contributed by atoms with Crippen LogP contribution in [0.15, 0.2) is 48.5 Å². The van der Waals surface area contributed by atoms with Crippen LogP contribution in [0.4, 0.5) is 5.69 Å². The van der Waals surface area contributed by atoms with Gasteiger partial charge in [0.2, 0.25) is 21.8 Å². The molecule has 0 aliphatic carbocycles. The average Bonchev–Trinajstić information content (AvgIpc) is 2.81. The lowest BCUT2D eigenvalue weighted by molar-refractivity contribution is -0.139. The van der Waals surface area contributed by atoms with Gasteiger partial charge in [0.05, 0.1) is 11.9 Å². The number of carbonyl (C=O) groups is 2. The Morgan fingerprint density at radius 2 is 1.71 bits per heavy atom. The minimum atomic E-state index is -3.75. The van der Waals surface area contributed by atoms with Crippen LogP contribution in [-0.2, 0) is 32.6 Å². The average molecular weight is 508 g/mol. The summed E-state index contributed by atoms with van der Waals surface area (Å²) in [6.45, 7) is 5.86. The topological polar surface area (TPSA) is 86.8 Å². The number of benzene rings is 2. The molecule has 0 saturated carbocycles. The normalized spacial score (nSPS) is 12.1.